The standard InChI is InChI=1S/C21H24ClFN4O/c1-4-18(24-11-12-26(2)3)20-25-19-8-6-5-7-15(19)21(28)27(20)14-9-10-17(23)16(22)13-14/h5-10,13,18,24H,4,11-12H2,1-3H3/t18-/m1/s1. The van der Waals surface area contributed by atoms with Crippen molar-refractivity contribution in [3.05, 3.63) is 69.5 Å². The van der Waals surface area contributed by atoms with Crippen molar-refractivity contribution in [2.75, 3.05) is 27.2 Å². The van der Waals surface area contributed by atoms with E-state index in [1.807, 2.05) is 33.2 Å². The first-order chi connectivity index (χ1) is 13.4. The highest BCUT2D eigenvalue weighted by molar-refractivity contribution is 6.30. The first kappa shape index (κ1) is 20.5. The Morgan fingerprint density at radius 2 is 2.00 bits per heavy atom. The highest BCUT2D eigenvalue weighted by Crippen LogP contribution is 2.23. The second kappa shape index (κ2) is 8.82. The van der Waals surface area contributed by atoms with E-state index >= 15 is 0 Å². The first-order valence-electron chi connectivity index (χ1n) is 9.27. The maximum atomic E-state index is 13.7. The number of hydrogen-bond acceptors (Lipinski definition) is 4. The van der Waals surface area contributed by atoms with E-state index in [1.54, 1.807) is 18.2 Å². The summed E-state index contributed by atoms with van der Waals surface area (Å²) in [5.74, 6) is 0.0672. The molecule has 0 aliphatic heterocycles. The number of fused-ring (bicyclic) bond motifs is 1. The Morgan fingerprint density at radius 3 is 2.68 bits per heavy atom. The predicted molar refractivity (Wildman–Crippen MR) is 112 cm³/mol. The molecule has 0 saturated heterocycles. The largest absolute Gasteiger partial charge is 0.308 e. The summed E-state index contributed by atoms with van der Waals surface area (Å²) in [6.07, 6.45) is 0.743. The van der Waals surface area contributed by atoms with E-state index in [1.165, 1.54) is 16.7 Å². The van der Waals surface area contributed by atoms with Gasteiger partial charge in [-0.15, -0.1) is 0 Å². The SMILES string of the molecule is CC[C@@H](NCCN(C)C)c1nc2ccccc2c(=O)n1-c1ccc(F)c(Cl)c1. The number of nitrogens with zero attached hydrogens (tertiary/aromatic N) is 3. The van der Waals surface area contributed by atoms with E-state index in [9.17, 15) is 9.18 Å². The summed E-state index contributed by atoms with van der Waals surface area (Å²) in [4.78, 5) is 20.2. The average Bonchev–Trinajstić information content (AvgIpc) is 2.67. The molecule has 0 unspecified atom stereocenters. The Kier molecular flexibility index (Phi) is 6.44. The molecule has 28 heavy (non-hydrogen) atoms. The molecule has 1 aromatic heterocycles. The van der Waals surface area contributed by atoms with Crippen molar-refractivity contribution >= 4 is 22.5 Å². The number of rotatable bonds is 7. The number of benzene rings is 2. The molecular weight excluding hydrogens is 379 g/mol. The lowest BCUT2D eigenvalue weighted by Crippen LogP contribution is -2.34. The van der Waals surface area contributed by atoms with Gasteiger partial charge in [-0.25, -0.2) is 9.37 Å². The van der Waals surface area contributed by atoms with E-state index in [0.717, 1.165) is 19.5 Å². The fourth-order valence-corrected chi connectivity index (χ4v) is 3.31. The van der Waals surface area contributed by atoms with Gasteiger partial charge in [0.05, 0.1) is 27.7 Å². The van der Waals surface area contributed by atoms with Crippen molar-refractivity contribution < 1.29 is 4.39 Å². The second-order valence-corrected chi connectivity index (χ2v) is 7.35. The number of likely N-dealkylation sites (N-methyl/N-ethyl adjacent to an activating group) is 1. The number of nitrogens with one attached hydrogen (secondary N) is 1. The van der Waals surface area contributed by atoms with Gasteiger partial charge in [-0.1, -0.05) is 30.7 Å². The second-order valence-electron chi connectivity index (χ2n) is 6.94. The van der Waals surface area contributed by atoms with Gasteiger partial charge in [0.25, 0.3) is 5.56 Å². The zero-order valence-corrected chi connectivity index (χ0v) is 17.0. The van der Waals surface area contributed by atoms with Gasteiger partial charge in [-0.05, 0) is 50.8 Å². The summed E-state index contributed by atoms with van der Waals surface area (Å²) in [7, 11) is 4.01. The quantitative estimate of drug-likeness (QED) is 0.653. The summed E-state index contributed by atoms with van der Waals surface area (Å²) < 4.78 is 15.2. The minimum Gasteiger partial charge on any atom is -0.308 e. The first-order valence-corrected chi connectivity index (χ1v) is 9.65. The van der Waals surface area contributed by atoms with Crippen LogP contribution >= 0.6 is 11.6 Å². The molecule has 1 N–H and O–H groups in total. The van der Waals surface area contributed by atoms with E-state index in [0.29, 0.717) is 22.4 Å². The molecule has 0 bridgehead atoms. The molecule has 7 heteroatoms. The average molecular weight is 403 g/mol. The molecule has 1 atom stereocenters. The molecule has 2 aromatic carbocycles. The minimum atomic E-state index is -0.523. The Hall–Kier alpha value is -2.28. The summed E-state index contributed by atoms with van der Waals surface area (Å²) in [5, 5.41) is 3.95. The molecule has 5 nitrogen and oxygen atoms in total. The number of aromatic nitrogens is 2. The molecule has 3 rings (SSSR count). The lowest BCUT2D eigenvalue weighted by Gasteiger charge is -2.22. The van der Waals surface area contributed by atoms with Crippen LogP contribution in [0.2, 0.25) is 5.02 Å². The van der Waals surface area contributed by atoms with Crippen LogP contribution in [0.5, 0.6) is 0 Å². The number of halogens is 2. The summed E-state index contributed by atoms with van der Waals surface area (Å²) in [6, 6.07) is 11.4. The minimum absolute atomic E-state index is 0.0304. The van der Waals surface area contributed by atoms with Crippen molar-refractivity contribution in [1.29, 1.82) is 0 Å². The molecule has 0 fully saturated rings. The maximum absolute atomic E-state index is 13.7. The molecule has 3 aromatic rings. The summed E-state index contributed by atoms with van der Waals surface area (Å²) in [6.45, 7) is 3.64. The van der Waals surface area contributed by atoms with Crippen molar-refractivity contribution in [2.24, 2.45) is 0 Å². The van der Waals surface area contributed by atoms with E-state index in [4.69, 9.17) is 16.6 Å². The molecule has 0 aliphatic rings. The van der Waals surface area contributed by atoms with Crippen molar-refractivity contribution in [2.45, 2.75) is 19.4 Å². The Balaban J connectivity index is 2.18. The van der Waals surface area contributed by atoms with Gasteiger partial charge in [0.2, 0.25) is 0 Å². The molecular formula is C21H24ClFN4O. The van der Waals surface area contributed by atoms with E-state index < -0.39 is 5.82 Å². The van der Waals surface area contributed by atoms with Crippen LogP contribution in [0.4, 0.5) is 4.39 Å². The third kappa shape index (κ3) is 4.24. The van der Waals surface area contributed by atoms with Crippen LogP contribution in [-0.2, 0) is 0 Å². The van der Waals surface area contributed by atoms with E-state index in [2.05, 4.69) is 10.2 Å². The van der Waals surface area contributed by atoms with Gasteiger partial charge in [0.1, 0.15) is 11.6 Å². The van der Waals surface area contributed by atoms with Gasteiger partial charge in [0, 0.05) is 13.1 Å². The van der Waals surface area contributed by atoms with Crippen LogP contribution in [0.3, 0.4) is 0 Å². The molecule has 0 radical (unpaired) electrons. The molecule has 0 saturated carbocycles. The molecule has 148 valence electrons. The fourth-order valence-electron chi connectivity index (χ4n) is 3.14. The highest BCUT2D eigenvalue weighted by atomic mass is 35.5. The summed E-state index contributed by atoms with van der Waals surface area (Å²) >= 11 is 5.99. The molecule has 0 amide bonds. The maximum Gasteiger partial charge on any atom is 0.266 e. The van der Waals surface area contributed by atoms with Gasteiger partial charge < -0.3 is 10.2 Å². The topological polar surface area (TPSA) is 50.2 Å². The molecule has 0 aliphatic carbocycles. The van der Waals surface area contributed by atoms with Gasteiger partial charge in [-0.2, -0.15) is 0 Å². The van der Waals surface area contributed by atoms with Crippen LogP contribution in [0.1, 0.15) is 25.2 Å². The lowest BCUT2D eigenvalue weighted by molar-refractivity contribution is 0.376. The monoisotopic (exact) mass is 402 g/mol. The fraction of sp³-hybridized carbons (Fsp3) is 0.333. The van der Waals surface area contributed by atoms with Crippen LogP contribution < -0.4 is 10.9 Å². The normalized spacial score (nSPS) is 12.6. The number of hydrogen-bond donors (Lipinski definition) is 1. The van der Waals surface area contributed by atoms with Gasteiger partial charge >= 0.3 is 0 Å². The van der Waals surface area contributed by atoms with Crippen LogP contribution in [0.15, 0.2) is 47.3 Å². The zero-order valence-electron chi connectivity index (χ0n) is 16.2. The van der Waals surface area contributed by atoms with Crippen LogP contribution in [0, 0.1) is 5.82 Å². The number of para-hydroxylation sites is 1. The Morgan fingerprint density at radius 1 is 1.25 bits per heavy atom. The van der Waals surface area contributed by atoms with Gasteiger partial charge in [-0.3, -0.25) is 9.36 Å². The van der Waals surface area contributed by atoms with Crippen LogP contribution in [0.25, 0.3) is 16.6 Å². The van der Waals surface area contributed by atoms with Gasteiger partial charge in [0.15, 0.2) is 0 Å². The van der Waals surface area contributed by atoms with Crippen LogP contribution in [-0.4, -0.2) is 41.6 Å². The van der Waals surface area contributed by atoms with Crippen molar-refractivity contribution in [1.82, 2.24) is 19.8 Å². The molecule has 0 spiro atoms. The van der Waals surface area contributed by atoms with E-state index in [-0.39, 0.29) is 16.6 Å². The van der Waals surface area contributed by atoms with Crippen molar-refractivity contribution in [3.63, 3.8) is 0 Å². The third-order valence-electron chi connectivity index (χ3n) is 4.63. The Bertz CT molecular complexity index is 1030. The third-order valence-corrected chi connectivity index (χ3v) is 4.92. The lowest BCUT2D eigenvalue weighted by atomic mass is 10.1. The Labute approximate surface area is 168 Å². The summed E-state index contributed by atoms with van der Waals surface area (Å²) in [5.41, 5.74) is 0.938. The predicted octanol–water partition coefficient (Wildman–Crippen LogP) is 3.78. The zero-order chi connectivity index (χ0) is 20.3. The molecule has 1 heterocycles. The smallest absolute Gasteiger partial charge is 0.266 e. The highest BCUT2D eigenvalue weighted by Gasteiger charge is 2.20. The van der Waals surface area contributed by atoms with Crippen molar-refractivity contribution in [3.8, 4) is 5.69 Å².